The van der Waals surface area contributed by atoms with Crippen molar-refractivity contribution in [3.05, 3.63) is 63.1 Å². The number of nitrogens with zero attached hydrogens (tertiary/aromatic N) is 1. The van der Waals surface area contributed by atoms with Gasteiger partial charge < -0.3 is 16.4 Å². The Morgan fingerprint density at radius 2 is 1.86 bits per heavy atom. The van der Waals surface area contributed by atoms with Crippen molar-refractivity contribution in [1.29, 1.82) is 0 Å². The van der Waals surface area contributed by atoms with Crippen LogP contribution in [0.1, 0.15) is 15.9 Å². The topological polar surface area (TPSA) is 126 Å². The first-order chi connectivity index (χ1) is 13.8. The largest absolute Gasteiger partial charge is 0.367 e. The van der Waals surface area contributed by atoms with E-state index in [4.69, 9.17) is 17.3 Å². The van der Waals surface area contributed by atoms with Crippen molar-refractivity contribution in [1.82, 2.24) is 10.6 Å². The SMILES string of the molecule is CNC(=O)C1=NCNC1(C(N)=O)c1ccc(NC(=O)c2ccc(Br)cc2Cl)cc1. The van der Waals surface area contributed by atoms with Crippen molar-refractivity contribution in [3.8, 4) is 0 Å². The van der Waals surface area contributed by atoms with Gasteiger partial charge in [0.05, 0.1) is 17.3 Å². The number of nitrogens with one attached hydrogen (secondary N) is 3. The highest BCUT2D eigenvalue weighted by Gasteiger charge is 2.49. The first-order valence-corrected chi connectivity index (χ1v) is 9.65. The van der Waals surface area contributed by atoms with Crippen LogP contribution >= 0.6 is 27.5 Å². The van der Waals surface area contributed by atoms with E-state index >= 15 is 0 Å². The maximum atomic E-state index is 12.5. The zero-order valence-electron chi connectivity index (χ0n) is 15.3. The minimum Gasteiger partial charge on any atom is -0.367 e. The fourth-order valence-corrected chi connectivity index (χ4v) is 3.82. The van der Waals surface area contributed by atoms with Gasteiger partial charge in [0.2, 0.25) is 5.91 Å². The average molecular weight is 479 g/mol. The summed E-state index contributed by atoms with van der Waals surface area (Å²) in [7, 11) is 1.45. The lowest BCUT2D eigenvalue weighted by atomic mass is 9.84. The minimum atomic E-state index is -1.54. The fourth-order valence-electron chi connectivity index (χ4n) is 3.06. The molecule has 0 aliphatic carbocycles. The highest BCUT2D eigenvalue weighted by molar-refractivity contribution is 9.10. The highest BCUT2D eigenvalue weighted by Crippen LogP contribution is 2.28. The van der Waals surface area contributed by atoms with Crippen LogP contribution in [-0.4, -0.2) is 37.1 Å². The molecule has 2 aromatic carbocycles. The summed E-state index contributed by atoms with van der Waals surface area (Å²) in [4.78, 5) is 41.0. The Balaban J connectivity index is 1.87. The molecule has 0 saturated heterocycles. The molecule has 1 atom stereocenters. The molecule has 3 amide bonds. The van der Waals surface area contributed by atoms with Crippen LogP contribution in [0.4, 0.5) is 5.69 Å². The summed E-state index contributed by atoms with van der Waals surface area (Å²) in [5.41, 5.74) is 5.30. The third-order valence-corrected chi connectivity index (χ3v) is 5.31. The van der Waals surface area contributed by atoms with Crippen LogP contribution in [0.2, 0.25) is 5.02 Å². The molecule has 0 radical (unpaired) electrons. The van der Waals surface area contributed by atoms with E-state index in [1.54, 1.807) is 42.5 Å². The second-order valence-corrected chi connectivity index (χ2v) is 7.51. The van der Waals surface area contributed by atoms with E-state index in [0.717, 1.165) is 4.47 Å². The molecule has 1 aliphatic rings. The van der Waals surface area contributed by atoms with Gasteiger partial charge in [0.25, 0.3) is 11.8 Å². The third-order valence-electron chi connectivity index (χ3n) is 4.50. The molecule has 0 spiro atoms. The molecular weight excluding hydrogens is 462 g/mol. The zero-order chi connectivity index (χ0) is 21.2. The molecule has 8 nitrogen and oxygen atoms in total. The predicted molar refractivity (Wildman–Crippen MR) is 114 cm³/mol. The van der Waals surface area contributed by atoms with E-state index < -0.39 is 17.4 Å². The van der Waals surface area contributed by atoms with E-state index in [0.29, 0.717) is 21.8 Å². The molecular formula is C19H17BrClN5O3. The quantitative estimate of drug-likeness (QED) is 0.523. The lowest BCUT2D eigenvalue weighted by Gasteiger charge is -2.27. The van der Waals surface area contributed by atoms with E-state index in [2.05, 4.69) is 36.9 Å². The predicted octanol–water partition coefficient (Wildman–Crippen LogP) is 1.78. The second kappa shape index (κ2) is 8.32. The van der Waals surface area contributed by atoms with Gasteiger partial charge in [0.15, 0.2) is 5.54 Å². The zero-order valence-corrected chi connectivity index (χ0v) is 17.6. The maximum Gasteiger partial charge on any atom is 0.267 e. The standard InChI is InChI=1S/C19H17BrClN5O3/c1-23-17(28)15-19(18(22)29,25-9-24-15)10-2-5-12(6-3-10)26-16(27)13-7-4-11(20)8-14(13)21/h2-8,25H,9H2,1H3,(H2,22,29)(H,23,28)(H,26,27). The summed E-state index contributed by atoms with van der Waals surface area (Å²) < 4.78 is 0.762. The number of hydrogen-bond acceptors (Lipinski definition) is 5. The highest BCUT2D eigenvalue weighted by atomic mass is 79.9. The number of carbonyl (C=O) groups is 3. The van der Waals surface area contributed by atoms with Gasteiger partial charge in [0.1, 0.15) is 5.71 Å². The van der Waals surface area contributed by atoms with Crippen molar-refractivity contribution >= 4 is 56.7 Å². The Morgan fingerprint density at radius 1 is 1.17 bits per heavy atom. The van der Waals surface area contributed by atoms with Crippen LogP contribution in [-0.2, 0) is 15.1 Å². The minimum absolute atomic E-state index is 0.00840. The van der Waals surface area contributed by atoms with E-state index in [1.807, 2.05) is 0 Å². The molecule has 0 fully saturated rings. The number of anilines is 1. The summed E-state index contributed by atoms with van der Waals surface area (Å²) in [5, 5.41) is 8.41. The normalized spacial score (nSPS) is 18.1. The first kappa shape index (κ1) is 21.0. The smallest absolute Gasteiger partial charge is 0.267 e. The fraction of sp³-hybridized carbons (Fsp3) is 0.158. The summed E-state index contributed by atoms with van der Waals surface area (Å²) in [6.45, 7) is 0.0756. The van der Waals surface area contributed by atoms with Crippen molar-refractivity contribution in [2.75, 3.05) is 19.0 Å². The molecule has 29 heavy (non-hydrogen) atoms. The van der Waals surface area contributed by atoms with Crippen LogP contribution in [0.3, 0.4) is 0 Å². The number of primary amides is 1. The Labute approximate surface area is 180 Å². The number of hydrogen-bond donors (Lipinski definition) is 4. The molecule has 2 aromatic rings. The molecule has 3 rings (SSSR count). The number of benzene rings is 2. The lowest BCUT2D eigenvalue weighted by Crippen LogP contribution is -2.58. The molecule has 0 aromatic heterocycles. The number of aliphatic imine (C=N–C) groups is 1. The third kappa shape index (κ3) is 3.89. The molecule has 0 bridgehead atoms. The first-order valence-electron chi connectivity index (χ1n) is 8.48. The van der Waals surface area contributed by atoms with E-state index in [-0.39, 0.29) is 18.3 Å². The number of nitrogens with two attached hydrogens (primary N) is 1. The van der Waals surface area contributed by atoms with Crippen LogP contribution in [0, 0.1) is 0 Å². The number of rotatable bonds is 5. The van der Waals surface area contributed by atoms with Crippen molar-refractivity contribution in [2.45, 2.75) is 5.54 Å². The number of carbonyl (C=O) groups excluding carboxylic acids is 3. The molecule has 150 valence electrons. The van der Waals surface area contributed by atoms with Gasteiger partial charge in [-0.1, -0.05) is 39.7 Å². The maximum absolute atomic E-state index is 12.5. The summed E-state index contributed by atoms with van der Waals surface area (Å²) in [6.07, 6.45) is 0. The lowest BCUT2D eigenvalue weighted by molar-refractivity contribution is -0.123. The van der Waals surface area contributed by atoms with Gasteiger partial charge in [-0.3, -0.25) is 24.7 Å². The second-order valence-electron chi connectivity index (χ2n) is 6.19. The van der Waals surface area contributed by atoms with E-state index in [9.17, 15) is 14.4 Å². The van der Waals surface area contributed by atoms with E-state index in [1.165, 1.54) is 7.05 Å². The van der Waals surface area contributed by atoms with Crippen LogP contribution in [0.25, 0.3) is 0 Å². The molecule has 1 heterocycles. The molecule has 0 saturated carbocycles. The number of halogens is 2. The van der Waals surface area contributed by atoms with Gasteiger partial charge in [-0.25, -0.2) is 0 Å². The van der Waals surface area contributed by atoms with Gasteiger partial charge in [-0.2, -0.15) is 0 Å². The van der Waals surface area contributed by atoms with Gasteiger partial charge in [0, 0.05) is 17.2 Å². The van der Waals surface area contributed by atoms with Crippen molar-refractivity contribution < 1.29 is 14.4 Å². The van der Waals surface area contributed by atoms with Crippen LogP contribution < -0.4 is 21.7 Å². The molecule has 1 unspecified atom stereocenters. The summed E-state index contributed by atoms with van der Waals surface area (Å²) in [6, 6.07) is 11.3. The van der Waals surface area contributed by atoms with Crippen LogP contribution in [0.5, 0.6) is 0 Å². The molecule has 1 aliphatic heterocycles. The Morgan fingerprint density at radius 3 is 2.45 bits per heavy atom. The van der Waals surface area contributed by atoms with Gasteiger partial charge >= 0.3 is 0 Å². The van der Waals surface area contributed by atoms with Gasteiger partial charge in [-0.05, 0) is 35.9 Å². The Hall–Kier alpha value is -2.75. The van der Waals surface area contributed by atoms with Gasteiger partial charge in [-0.15, -0.1) is 0 Å². The number of amides is 3. The molecule has 10 heteroatoms. The Bertz CT molecular complexity index is 1030. The van der Waals surface area contributed by atoms with Crippen LogP contribution in [0.15, 0.2) is 51.9 Å². The molecule has 5 N–H and O–H groups in total. The monoisotopic (exact) mass is 477 g/mol. The average Bonchev–Trinajstić information content (AvgIpc) is 3.14. The van der Waals surface area contributed by atoms with Crippen molar-refractivity contribution in [2.24, 2.45) is 10.7 Å². The summed E-state index contributed by atoms with van der Waals surface area (Å²) in [5.74, 6) is -1.64. The summed E-state index contributed by atoms with van der Waals surface area (Å²) >= 11 is 9.40. The Kier molecular flexibility index (Phi) is 6.02. The van der Waals surface area contributed by atoms with Crippen molar-refractivity contribution in [3.63, 3.8) is 0 Å².